The molecule has 5 nitrogen and oxygen atoms in total. The van der Waals surface area contributed by atoms with E-state index < -0.39 is 0 Å². The fourth-order valence-corrected chi connectivity index (χ4v) is 2.41. The van der Waals surface area contributed by atoms with E-state index in [1.807, 2.05) is 25.1 Å². The Morgan fingerprint density at radius 3 is 2.35 bits per heavy atom. The second kappa shape index (κ2) is 8.19. The number of nitrogens with zero attached hydrogens (tertiary/aromatic N) is 1. The topological polar surface area (TPSA) is 72.8 Å². The van der Waals surface area contributed by atoms with E-state index in [0.29, 0.717) is 17.6 Å². The molecule has 122 valence electrons. The summed E-state index contributed by atoms with van der Waals surface area (Å²) in [5, 5.41) is 21.9. The fraction of sp³-hybridized carbons (Fsp3) is 0.278. The third-order valence-electron chi connectivity index (χ3n) is 3.65. The Kier molecular flexibility index (Phi) is 6.00. The van der Waals surface area contributed by atoms with Crippen molar-refractivity contribution in [1.82, 2.24) is 5.32 Å². The van der Waals surface area contributed by atoms with Crippen molar-refractivity contribution in [2.24, 2.45) is 0 Å². The summed E-state index contributed by atoms with van der Waals surface area (Å²) in [6.45, 7) is 5.80. The number of para-hydroxylation sites is 2. The van der Waals surface area contributed by atoms with Crippen LogP contribution in [-0.2, 0) is 0 Å². The molecule has 0 amide bonds. The molecule has 0 bridgehead atoms. The number of rotatable bonds is 2. The van der Waals surface area contributed by atoms with Crippen LogP contribution >= 0.6 is 0 Å². The number of nitrogens with one attached hydrogen (secondary N) is 1. The van der Waals surface area contributed by atoms with E-state index in [-0.39, 0.29) is 5.75 Å². The maximum absolute atomic E-state index is 10.2. The van der Waals surface area contributed by atoms with Crippen LogP contribution in [0.1, 0.15) is 15.9 Å². The Morgan fingerprint density at radius 1 is 1.04 bits per heavy atom. The lowest BCUT2D eigenvalue weighted by Gasteiger charge is -2.29. The fourth-order valence-electron chi connectivity index (χ4n) is 2.41. The number of benzene rings is 2. The smallest absolute Gasteiger partial charge is 0.153 e. The molecule has 0 aromatic heterocycles. The van der Waals surface area contributed by atoms with Gasteiger partial charge < -0.3 is 20.4 Å². The Balaban J connectivity index is 0.000000174. The minimum atomic E-state index is 0.0422. The molecule has 1 aliphatic rings. The highest BCUT2D eigenvalue weighted by Crippen LogP contribution is 2.26. The van der Waals surface area contributed by atoms with Crippen LogP contribution in [0.15, 0.2) is 42.5 Å². The SMILES string of the molecule is Cc1ccc(O)c(C=O)c1.Oc1ccccc1N1CCNCC1. The monoisotopic (exact) mass is 314 g/mol. The first-order valence-corrected chi connectivity index (χ1v) is 7.60. The van der Waals surface area contributed by atoms with Gasteiger partial charge in [-0.05, 0) is 31.2 Å². The number of phenolic OH excluding ortho intramolecular Hbond substituents is 2. The standard InChI is InChI=1S/C10H14N2O.C8H8O2/c13-10-4-2-1-3-9(10)12-7-5-11-6-8-12;1-6-2-3-8(10)7(4-6)5-9/h1-4,11,13H,5-8H2;2-5,10H,1H3. The molecular weight excluding hydrogens is 292 g/mol. The summed E-state index contributed by atoms with van der Waals surface area (Å²) in [4.78, 5) is 12.4. The number of hydrogen-bond donors (Lipinski definition) is 3. The average molecular weight is 314 g/mol. The van der Waals surface area contributed by atoms with E-state index in [4.69, 9.17) is 5.11 Å². The Labute approximate surface area is 136 Å². The van der Waals surface area contributed by atoms with E-state index in [9.17, 15) is 9.90 Å². The molecule has 1 fully saturated rings. The van der Waals surface area contributed by atoms with E-state index in [1.54, 1.807) is 18.2 Å². The first-order valence-electron chi connectivity index (χ1n) is 7.60. The highest BCUT2D eigenvalue weighted by molar-refractivity contribution is 5.79. The van der Waals surface area contributed by atoms with Gasteiger partial charge in [0.25, 0.3) is 0 Å². The first-order chi connectivity index (χ1) is 11.1. The minimum absolute atomic E-state index is 0.0422. The van der Waals surface area contributed by atoms with E-state index in [1.165, 1.54) is 6.07 Å². The molecule has 2 aromatic carbocycles. The molecule has 23 heavy (non-hydrogen) atoms. The van der Waals surface area contributed by atoms with Crippen molar-refractivity contribution in [3.8, 4) is 11.5 Å². The summed E-state index contributed by atoms with van der Waals surface area (Å²) in [6, 6.07) is 12.4. The van der Waals surface area contributed by atoms with Crippen LogP contribution in [0.3, 0.4) is 0 Å². The summed E-state index contributed by atoms with van der Waals surface area (Å²) in [6.07, 6.45) is 0.641. The second-order valence-corrected chi connectivity index (χ2v) is 5.41. The van der Waals surface area contributed by atoms with Crippen LogP contribution in [0.2, 0.25) is 0 Å². The van der Waals surface area contributed by atoms with E-state index in [2.05, 4.69) is 10.2 Å². The predicted molar refractivity (Wildman–Crippen MR) is 91.4 cm³/mol. The number of carbonyl (C=O) groups excluding carboxylic acids is 1. The lowest BCUT2D eigenvalue weighted by Crippen LogP contribution is -2.43. The van der Waals surface area contributed by atoms with Gasteiger partial charge in [-0.15, -0.1) is 0 Å². The number of hydrogen-bond acceptors (Lipinski definition) is 5. The van der Waals surface area contributed by atoms with Crippen molar-refractivity contribution in [2.75, 3.05) is 31.1 Å². The zero-order valence-electron chi connectivity index (χ0n) is 13.2. The number of aryl methyl sites for hydroxylation is 1. The van der Waals surface area contributed by atoms with Crippen LogP contribution in [0, 0.1) is 6.92 Å². The predicted octanol–water partition coefficient (Wildman–Crippen LogP) is 2.31. The molecule has 0 aliphatic carbocycles. The Bertz CT molecular complexity index is 652. The van der Waals surface area contributed by atoms with Crippen LogP contribution in [0.4, 0.5) is 5.69 Å². The normalized spacial score (nSPS) is 13.9. The van der Waals surface area contributed by atoms with Gasteiger partial charge in [-0.25, -0.2) is 0 Å². The molecule has 1 saturated heterocycles. The molecule has 0 unspecified atom stereocenters. The molecule has 1 heterocycles. The molecule has 3 rings (SSSR count). The summed E-state index contributed by atoms with van der Waals surface area (Å²) in [7, 11) is 0. The Morgan fingerprint density at radius 2 is 1.74 bits per heavy atom. The molecule has 0 atom stereocenters. The molecule has 0 spiro atoms. The lowest BCUT2D eigenvalue weighted by atomic mass is 10.1. The first kappa shape index (κ1) is 16.8. The molecule has 3 N–H and O–H groups in total. The van der Waals surface area contributed by atoms with Crippen LogP contribution < -0.4 is 10.2 Å². The van der Waals surface area contributed by atoms with Gasteiger partial charge in [0, 0.05) is 26.2 Å². The number of carbonyl (C=O) groups is 1. The maximum Gasteiger partial charge on any atom is 0.153 e. The van der Waals surface area contributed by atoms with Crippen LogP contribution in [0.25, 0.3) is 0 Å². The third kappa shape index (κ3) is 4.72. The summed E-state index contributed by atoms with van der Waals surface area (Å²) in [5.41, 5.74) is 2.27. The summed E-state index contributed by atoms with van der Waals surface area (Å²) in [5.74, 6) is 0.421. The van der Waals surface area contributed by atoms with Gasteiger partial charge in [0.15, 0.2) is 6.29 Å². The van der Waals surface area contributed by atoms with Gasteiger partial charge in [0.1, 0.15) is 11.5 Å². The minimum Gasteiger partial charge on any atom is -0.507 e. The van der Waals surface area contributed by atoms with Crippen molar-refractivity contribution in [3.63, 3.8) is 0 Å². The Hall–Kier alpha value is -2.53. The molecule has 2 aromatic rings. The largest absolute Gasteiger partial charge is 0.507 e. The lowest BCUT2D eigenvalue weighted by molar-refractivity contribution is 0.112. The second-order valence-electron chi connectivity index (χ2n) is 5.41. The molecule has 5 heteroatoms. The number of phenols is 2. The molecular formula is C18H22N2O3. The number of piperazine rings is 1. The van der Waals surface area contributed by atoms with Crippen LogP contribution in [0.5, 0.6) is 11.5 Å². The van der Waals surface area contributed by atoms with E-state index in [0.717, 1.165) is 37.4 Å². The van der Waals surface area contributed by atoms with Crippen LogP contribution in [-0.4, -0.2) is 42.7 Å². The van der Waals surface area contributed by atoms with Crippen molar-refractivity contribution >= 4 is 12.0 Å². The maximum atomic E-state index is 10.2. The van der Waals surface area contributed by atoms with Crippen molar-refractivity contribution in [1.29, 1.82) is 0 Å². The van der Waals surface area contributed by atoms with Gasteiger partial charge in [0.2, 0.25) is 0 Å². The van der Waals surface area contributed by atoms with Crippen molar-refractivity contribution in [2.45, 2.75) is 6.92 Å². The molecule has 0 radical (unpaired) electrons. The van der Waals surface area contributed by atoms with Crippen molar-refractivity contribution < 1.29 is 15.0 Å². The number of aldehydes is 1. The molecule has 0 saturated carbocycles. The number of aromatic hydroxyl groups is 2. The highest BCUT2D eigenvalue weighted by atomic mass is 16.3. The van der Waals surface area contributed by atoms with Crippen molar-refractivity contribution in [3.05, 3.63) is 53.6 Å². The zero-order valence-corrected chi connectivity index (χ0v) is 13.2. The summed E-state index contributed by atoms with van der Waals surface area (Å²) < 4.78 is 0. The van der Waals surface area contributed by atoms with Gasteiger partial charge in [-0.2, -0.15) is 0 Å². The van der Waals surface area contributed by atoms with Gasteiger partial charge in [-0.1, -0.05) is 23.8 Å². The van der Waals surface area contributed by atoms with E-state index >= 15 is 0 Å². The quantitative estimate of drug-likeness (QED) is 0.742. The summed E-state index contributed by atoms with van der Waals surface area (Å²) >= 11 is 0. The van der Waals surface area contributed by atoms with Gasteiger partial charge >= 0.3 is 0 Å². The third-order valence-corrected chi connectivity index (χ3v) is 3.65. The average Bonchev–Trinajstić information content (AvgIpc) is 2.59. The van der Waals surface area contributed by atoms with Gasteiger partial charge in [0.05, 0.1) is 11.3 Å². The molecule has 1 aliphatic heterocycles. The van der Waals surface area contributed by atoms with Gasteiger partial charge in [-0.3, -0.25) is 4.79 Å². The number of anilines is 1. The zero-order chi connectivity index (χ0) is 16.7. The highest BCUT2D eigenvalue weighted by Gasteiger charge is 2.12.